The summed E-state index contributed by atoms with van der Waals surface area (Å²) in [7, 11) is 0. The average molecular weight is 654 g/mol. The number of ether oxygens (including phenoxy) is 4. The van der Waals surface area contributed by atoms with Gasteiger partial charge in [0.2, 0.25) is 0 Å². The van der Waals surface area contributed by atoms with Crippen molar-refractivity contribution in [2.75, 3.05) is 33.0 Å². The Kier molecular flexibility index (Phi) is 10.9. The topological polar surface area (TPSA) is 128 Å². The Balaban J connectivity index is 1.43. The number of rotatable bonds is 13. The number of aliphatic hydroxyl groups excluding tert-OH is 2. The van der Waals surface area contributed by atoms with Crippen molar-refractivity contribution in [2.24, 2.45) is 0 Å². The fraction of sp³-hybridized carbons (Fsp3) is 0.297. The number of hydrogen-bond acceptors (Lipinski definition) is 9. The second kappa shape index (κ2) is 15.2. The van der Waals surface area contributed by atoms with Gasteiger partial charge in [-0.3, -0.25) is 4.90 Å². The number of benzene rings is 4. The quantitative estimate of drug-likeness (QED) is 0.162. The second-order valence-corrected chi connectivity index (χ2v) is 12.0. The van der Waals surface area contributed by atoms with Gasteiger partial charge >= 0.3 is 0 Å². The molecule has 2 N–H and O–H groups in total. The predicted molar refractivity (Wildman–Crippen MR) is 177 cm³/mol. The largest absolute Gasteiger partial charge is 0.488 e. The summed E-state index contributed by atoms with van der Waals surface area (Å²) in [5.41, 5.74) is 4.95. The lowest BCUT2D eigenvalue weighted by Gasteiger charge is -2.37. The van der Waals surface area contributed by atoms with Gasteiger partial charge in [0.25, 0.3) is 0 Å². The van der Waals surface area contributed by atoms with Gasteiger partial charge in [0, 0.05) is 18.2 Å². The Morgan fingerprint density at radius 1 is 0.872 bits per heavy atom. The molecule has 0 bridgehead atoms. The van der Waals surface area contributed by atoms with E-state index in [-0.39, 0.29) is 39.5 Å². The van der Waals surface area contributed by atoms with Gasteiger partial charge in [0.1, 0.15) is 37.9 Å². The maximum absolute atomic E-state index is 10.0. The molecule has 0 unspecified atom stereocenters. The molecule has 1 heterocycles. The van der Waals surface area contributed by atoms with E-state index >= 15 is 0 Å². The predicted octanol–water partition coefficient (Wildman–Crippen LogP) is 6.19. The zero-order valence-electron chi connectivity index (χ0n) is 26.3. The van der Waals surface area contributed by atoms with Crippen LogP contribution in [-0.4, -0.2) is 53.6 Å². The minimum absolute atomic E-state index is 0.0455. The molecule has 9 nitrogen and oxygen atoms in total. The number of halogens is 1. The van der Waals surface area contributed by atoms with Gasteiger partial charge < -0.3 is 29.2 Å². The first-order valence-electron chi connectivity index (χ1n) is 15.2. The highest BCUT2D eigenvalue weighted by molar-refractivity contribution is 6.32. The van der Waals surface area contributed by atoms with Crippen LogP contribution in [0, 0.1) is 29.6 Å². The van der Waals surface area contributed by atoms with E-state index in [0.29, 0.717) is 40.9 Å². The highest BCUT2D eigenvalue weighted by atomic mass is 35.5. The molecule has 0 saturated carbocycles. The Morgan fingerprint density at radius 3 is 2.36 bits per heavy atom. The molecule has 4 aromatic rings. The van der Waals surface area contributed by atoms with Crippen molar-refractivity contribution in [2.45, 2.75) is 39.1 Å². The standard InChI is InChI=1S/C37H36ClN3O6/c1-25-29(7-4-8-31(25)28-9-10-33-36(17-28)45-14-13-44-33)22-47-35-18-34(46-21-27-6-3-5-26(15-27)19-40)30(16-32(35)38)20-41(12-11-39)37(2,23-42)24-43/h3-10,15-18,42-43H,12-14,20-24H2,1-2H3. The molecule has 5 rings (SSSR count). The van der Waals surface area contributed by atoms with Gasteiger partial charge in [-0.1, -0.05) is 48.0 Å². The molecule has 47 heavy (non-hydrogen) atoms. The van der Waals surface area contributed by atoms with E-state index in [4.69, 9.17) is 30.5 Å². The van der Waals surface area contributed by atoms with E-state index in [1.807, 2.05) is 43.3 Å². The summed E-state index contributed by atoms with van der Waals surface area (Å²) in [6.45, 7) is 4.57. The van der Waals surface area contributed by atoms with Crippen LogP contribution in [0.2, 0.25) is 5.02 Å². The molecule has 0 saturated heterocycles. The van der Waals surface area contributed by atoms with Gasteiger partial charge in [0.05, 0.1) is 48.0 Å². The summed E-state index contributed by atoms with van der Waals surface area (Å²) in [4.78, 5) is 1.68. The Labute approximate surface area is 279 Å². The van der Waals surface area contributed by atoms with Crippen LogP contribution in [0.3, 0.4) is 0 Å². The maximum Gasteiger partial charge on any atom is 0.161 e. The smallest absolute Gasteiger partial charge is 0.161 e. The molecule has 1 aliphatic heterocycles. The molecule has 0 fully saturated rings. The molecule has 0 atom stereocenters. The fourth-order valence-electron chi connectivity index (χ4n) is 5.33. The SMILES string of the molecule is Cc1c(COc2cc(OCc3cccc(C#N)c3)c(CN(CC#N)C(C)(CO)CO)cc2Cl)cccc1-c1ccc2c(c1)OCCO2. The van der Waals surface area contributed by atoms with Crippen molar-refractivity contribution in [3.8, 4) is 46.3 Å². The highest BCUT2D eigenvalue weighted by Crippen LogP contribution is 2.38. The van der Waals surface area contributed by atoms with Crippen LogP contribution in [0.4, 0.5) is 0 Å². The van der Waals surface area contributed by atoms with Crippen LogP contribution >= 0.6 is 11.6 Å². The summed E-state index contributed by atoms with van der Waals surface area (Å²) in [5, 5.41) is 39.3. The minimum atomic E-state index is -1.06. The molecule has 0 radical (unpaired) electrons. The lowest BCUT2D eigenvalue weighted by molar-refractivity contribution is 0.00175. The van der Waals surface area contributed by atoms with Gasteiger partial charge in [-0.15, -0.1) is 0 Å². The lowest BCUT2D eigenvalue weighted by atomic mass is 9.96. The van der Waals surface area contributed by atoms with Gasteiger partial charge in [0.15, 0.2) is 11.5 Å². The van der Waals surface area contributed by atoms with Gasteiger partial charge in [-0.25, -0.2) is 0 Å². The zero-order chi connectivity index (χ0) is 33.4. The van der Waals surface area contributed by atoms with E-state index in [9.17, 15) is 20.7 Å². The Hall–Kier alpha value is -4.77. The summed E-state index contributed by atoms with van der Waals surface area (Å²) in [6.07, 6.45) is 0. The summed E-state index contributed by atoms with van der Waals surface area (Å²) in [5.74, 6) is 2.31. The Morgan fingerprint density at radius 2 is 1.62 bits per heavy atom. The number of nitrogens with zero attached hydrogens (tertiary/aromatic N) is 3. The number of hydrogen-bond donors (Lipinski definition) is 2. The third kappa shape index (κ3) is 7.79. The first-order valence-corrected chi connectivity index (χ1v) is 15.6. The highest BCUT2D eigenvalue weighted by Gasteiger charge is 2.31. The van der Waals surface area contributed by atoms with Crippen LogP contribution < -0.4 is 18.9 Å². The third-order valence-corrected chi connectivity index (χ3v) is 8.61. The molecule has 0 aliphatic carbocycles. The lowest BCUT2D eigenvalue weighted by Crippen LogP contribution is -2.51. The van der Waals surface area contributed by atoms with Crippen LogP contribution in [0.15, 0.2) is 72.8 Å². The van der Waals surface area contributed by atoms with Crippen molar-refractivity contribution in [3.05, 3.63) is 106 Å². The molecule has 4 aromatic carbocycles. The van der Waals surface area contributed by atoms with Crippen molar-refractivity contribution >= 4 is 11.6 Å². The number of aliphatic hydroxyl groups is 2. The normalized spacial score (nSPS) is 12.3. The fourth-order valence-corrected chi connectivity index (χ4v) is 5.57. The van der Waals surface area contributed by atoms with E-state index < -0.39 is 5.54 Å². The monoisotopic (exact) mass is 653 g/mol. The van der Waals surface area contributed by atoms with E-state index in [2.05, 4.69) is 18.2 Å². The summed E-state index contributed by atoms with van der Waals surface area (Å²) in [6, 6.07) is 26.8. The Bertz CT molecular complexity index is 1810. The first kappa shape index (κ1) is 33.6. The van der Waals surface area contributed by atoms with Crippen molar-refractivity contribution in [1.29, 1.82) is 10.5 Å². The molecular formula is C37H36ClN3O6. The minimum Gasteiger partial charge on any atom is -0.488 e. The molecule has 0 amide bonds. The van der Waals surface area contributed by atoms with Crippen LogP contribution in [0.5, 0.6) is 23.0 Å². The molecule has 0 spiro atoms. The summed E-state index contributed by atoms with van der Waals surface area (Å²) < 4.78 is 24.0. The van der Waals surface area contributed by atoms with Crippen molar-refractivity contribution in [1.82, 2.24) is 4.90 Å². The van der Waals surface area contributed by atoms with E-state index in [1.165, 1.54) is 0 Å². The first-order chi connectivity index (χ1) is 22.8. The van der Waals surface area contributed by atoms with Gasteiger partial charge in [-0.05, 0) is 72.0 Å². The van der Waals surface area contributed by atoms with E-state index in [0.717, 1.165) is 39.3 Å². The molecule has 242 valence electrons. The zero-order valence-corrected chi connectivity index (χ0v) is 27.1. The van der Waals surface area contributed by atoms with Crippen molar-refractivity contribution in [3.63, 3.8) is 0 Å². The van der Waals surface area contributed by atoms with E-state index in [1.54, 1.807) is 42.2 Å². The molecular weight excluding hydrogens is 618 g/mol. The molecule has 10 heteroatoms. The van der Waals surface area contributed by atoms with Crippen molar-refractivity contribution < 1.29 is 29.2 Å². The molecule has 1 aliphatic rings. The van der Waals surface area contributed by atoms with Crippen LogP contribution in [0.1, 0.15) is 34.7 Å². The van der Waals surface area contributed by atoms with Crippen LogP contribution in [0.25, 0.3) is 11.1 Å². The third-order valence-electron chi connectivity index (χ3n) is 8.32. The summed E-state index contributed by atoms with van der Waals surface area (Å²) >= 11 is 6.78. The second-order valence-electron chi connectivity index (χ2n) is 11.6. The maximum atomic E-state index is 10.0. The molecule has 0 aromatic heterocycles. The number of nitriles is 2. The van der Waals surface area contributed by atoms with Crippen LogP contribution in [-0.2, 0) is 19.8 Å². The average Bonchev–Trinajstić information content (AvgIpc) is 3.10. The van der Waals surface area contributed by atoms with Gasteiger partial charge in [-0.2, -0.15) is 10.5 Å². The number of fused-ring (bicyclic) bond motifs is 1.